The van der Waals surface area contributed by atoms with Crippen LogP contribution in [-0.2, 0) is 15.9 Å². The highest BCUT2D eigenvalue weighted by atomic mass is 19.1. The van der Waals surface area contributed by atoms with Crippen LogP contribution >= 0.6 is 0 Å². The summed E-state index contributed by atoms with van der Waals surface area (Å²) in [7, 11) is 0. The van der Waals surface area contributed by atoms with Crippen molar-refractivity contribution in [3.05, 3.63) is 34.9 Å². The van der Waals surface area contributed by atoms with Crippen molar-refractivity contribution in [3.63, 3.8) is 0 Å². The van der Waals surface area contributed by atoms with Gasteiger partial charge in [0.05, 0.1) is 18.8 Å². The highest BCUT2D eigenvalue weighted by Crippen LogP contribution is 2.44. The summed E-state index contributed by atoms with van der Waals surface area (Å²) in [6.45, 7) is 4.64. The fraction of sp³-hybridized carbons (Fsp3) is 0.667. The number of ether oxygens (including phenoxy) is 2. The van der Waals surface area contributed by atoms with E-state index in [9.17, 15) is 13.9 Å². The van der Waals surface area contributed by atoms with Gasteiger partial charge >= 0.3 is 0 Å². The second-order valence-electron chi connectivity index (χ2n) is 7.01. The SMILES string of the molecule is Cc1cc(F)c(CC(C)C2(O)CCC3(CC2)OCCO3)cc1F. The predicted octanol–water partition coefficient (Wildman–Crippen LogP) is 3.50. The molecule has 3 nitrogen and oxygen atoms in total. The fourth-order valence-electron chi connectivity index (χ4n) is 3.71. The minimum atomic E-state index is -0.894. The lowest BCUT2D eigenvalue weighted by Gasteiger charge is -2.43. The number of hydrogen-bond donors (Lipinski definition) is 1. The molecule has 0 bridgehead atoms. The van der Waals surface area contributed by atoms with E-state index in [-0.39, 0.29) is 5.92 Å². The minimum absolute atomic E-state index is 0.169. The first-order valence-electron chi connectivity index (χ1n) is 8.28. The lowest BCUT2D eigenvalue weighted by Crippen LogP contribution is -2.47. The standard InChI is InChI=1S/C18H24F2O3/c1-12-9-16(20)14(11-15(12)19)10-13(2)17(21)3-5-18(6-4-17)22-7-8-23-18/h9,11,13,21H,3-8,10H2,1-2H3. The molecule has 1 unspecified atom stereocenters. The van der Waals surface area contributed by atoms with E-state index in [1.807, 2.05) is 6.92 Å². The highest BCUT2D eigenvalue weighted by molar-refractivity contribution is 5.26. The van der Waals surface area contributed by atoms with Crippen LogP contribution < -0.4 is 0 Å². The molecule has 5 heteroatoms. The van der Waals surface area contributed by atoms with Gasteiger partial charge < -0.3 is 14.6 Å². The van der Waals surface area contributed by atoms with Crippen LogP contribution in [0.4, 0.5) is 8.78 Å². The van der Waals surface area contributed by atoms with Gasteiger partial charge in [0.1, 0.15) is 11.6 Å². The molecule has 1 aromatic carbocycles. The van der Waals surface area contributed by atoms with E-state index in [1.54, 1.807) is 6.92 Å². The first-order chi connectivity index (χ1) is 10.8. The lowest BCUT2D eigenvalue weighted by molar-refractivity contribution is -0.209. The van der Waals surface area contributed by atoms with Gasteiger partial charge in [-0.3, -0.25) is 0 Å². The third kappa shape index (κ3) is 3.28. The van der Waals surface area contributed by atoms with Gasteiger partial charge in [-0.25, -0.2) is 8.78 Å². The second kappa shape index (κ2) is 6.11. The van der Waals surface area contributed by atoms with Crippen LogP contribution in [-0.4, -0.2) is 29.7 Å². The van der Waals surface area contributed by atoms with E-state index in [0.717, 1.165) is 0 Å². The van der Waals surface area contributed by atoms with Gasteiger partial charge in [-0.1, -0.05) is 6.92 Å². The molecule has 23 heavy (non-hydrogen) atoms. The van der Waals surface area contributed by atoms with Crippen LogP contribution in [0.1, 0.15) is 43.7 Å². The Hall–Kier alpha value is -1.04. The van der Waals surface area contributed by atoms with Crippen molar-refractivity contribution < 1.29 is 23.4 Å². The summed E-state index contributed by atoms with van der Waals surface area (Å²) in [4.78, 5) is 0. The lowest BCUT2D eigenvalue weighted by atomic mass is 9.72. The normalized spacial score (nSPS) is 24.0. The molecular weight excluding hydrogens is 302 g/mol. The van der Waals surface area contributed by atoms with E-state index in [0.29, 0.717) is 56.4 Å². The van der Waals surface area contributed by atoms with Gasteiger partial charge in [-0.2, -0.15) is 0 Å². The molecule has 1 atom stereocenters. The van der Waals surface area contributed by atoms with E-state index >= 15 is 0 Å². The van der Waals surface area contributed by atoms with Crippen molar-refractivity contribution in [3.8, 4) is 0 Å². The Kier molecular flexibility index (Phi) is 4.47. The molecule has 1 heterocycles. The monoisotopic (exact) mass is 326 g/mol. The minimum Gasteiger partial charge on any atom is -0.390 e. The molecule has 0 amide bonds. The van der Waals surface area contributed by atoms with Crippen molar-refractivity contribution in [2.75, 3.05) is 13.2 Å². The molecule has 2 aliphatic rings. The molecule has 1 N–H and O–H groups in total. The number of hydrogen-bond acceptors (Lipinski definition) is 3. The van der Waals surface area contributed by atoms with Crippen molar-refractivity contribution >= 4 is 0 Å². The summed E-state index contributed by atoms with van der Waals surface area (Å²) in [6.07, 6.45) is 2.68. The summed E-state index contributed by atoms with van der Waals surface area (Å²) in [5.74, 6) is -1.52. The Morgan fingerprint density at radius 3 is 2.30 bits per heavy atom. The van der Waals surface area contributed by atoms with Gasteiger partial charge in [0.25, 0.3) is 0 Å². The molecule has 2 fully saturated rings. The molecular formula is C18H24F2O3. The number of aliphatic hydroxyl groups is 1. The van der Waals surface area contributed by atoms with Gasteiger partial charge in [-0.15, -0.1) is 0 Å². The Morgan fingerprint density at radius 2 is 1.70 bits per heavy atom. The van der Waals surface area contributed by atoms with E-state index in [1.165, 1.54) is 12.1 Å². The third-order valence-corrected chi connectivity index (χ3v) is 5.46. The highest BCUT2D eigenvalue weighted by Gasteiger charge is 2.47. The first-order valence-corrected chi connectivity index (χ1v) is 8.28. The zero-order valence-electron chi connectivity index (χ0n) is 13.7. The smallest absolute Gasteiger partial charge is 0.168 e. The summed E-state index contributed by atoms with van der Waals surface area (Å²) in [6, 6.07) is 2.47. The Balaban J connectivity index is 1.68. The van der Waals surface area contributed by atoms with E-state index in [4.69, 9.17) is 9.47 Å². The maximum Gasteiger partial charge on any atom is 0.168 e. The van der Waals surface area contributed by atoms with Gasteiger partial charge in [0.15, 0.2) is 5.79 Å². The van der Waals surface area contributed by atoms with Crippen LogP contribution in [0.3, 0.4) is 0 Å². The Labute approximate surface area is 135 Å². The zero-order chi connectivity index (χ0) is 16.7. The molecule has 0 aromatic heterocycles. The van der Waals surface area contributed by atoms with Crippen LogP contribution in [0.5, 0.6) is 0 Å². The average molecular weight is 326 g/mol. The molecule has 1 saturated carbocycles. The number of aryl methyl sites for hydroxylation is 1. The van der Waals surface area contributed by atoms with E-state index in [2.05, 4.69) is 0 Å². The third-order valence-electron chi connectivity index (χ3n) is 5.46. The largest absolute Gasteiger partial charge is 0.390 e. The summed E-state index contributed by atoms with van der Waals surface area (Å²) >= 11 is 0. The van der Waals surface area contributed by atoms with Gasteiger partial charge in [-0.05, 0) is 55.4 Å². The fourth-order valence-corrected chi connectivity index (χ4v) is 3.71. The molecule has 1 spiro atoms. The molecule has 128 valence electrons. The molecule has 0 radical (unpaired) electrons. The van der Waals surface area contributed by atoms with Crippen molar-refractivity contribution in [2.45, 2.75) is 57.3 Å². The molecule has 1 aromatic rings. The Bertz CT molecular complexity index is 572. The van der Waals surface area contributed by atoms with Gasteiger partial charge in [0.2, 0.25) is 0 Å². The van der Waals surface area contributed by atoms with Crippen LogP contribution in [0.25, 0.3) is 0 Å². The topological polar surface area (TPSA) is 38.7 Å². The number of rotatable bonds is 3. The molecule has 1 aliphatic heterocycles. The van der Waals surface area contributed by atoms with Crippen LogP contribution in [0.15, 0.2) is 12.1 Å². The average Bonchev–Trinajstić information content (AvgIpc) is 2.97. The first kappa shape index (κ1) is 16.8. The maximum atomic E-state index is 14.0. The summed E-state index contributed by atoms with van der Waals surface area (Å²) in [5.41, 5.74) is -0.274. The quantitative estimate of drug-likeness (QED) is 0.924. The van der Waals surface area contributed by atoms with Crippen LogP contribution in [0, 0.1) is 24.5 Å². The van der Waals surface area contributed by atoms with Crippen molar-refractivity contribution in [1.29, 1.82) is 0 Å². The second-order valence-corrected chi connectivity index (χ2v) is 7.01. The molecule has 3 rings (SSSR count). The Morgan fingerprint density at radius 1 is 1.09 bits per heavy atom. The van der Waals surface area contributed by atoms with Gasteiger partial charge in [0, 0.05) is 12.8 Å². The van der Waals surface area contributed by atoms with Crippen molar-refractivity contribution in [2.24, 2.45) is 5.92 Å². The predicted molar refractivity (Wildman–Crippen MR) is 82.0 cm³/mol. The number of benzene rings is 1. The molecule has 1 aliphatic carbocycles. The summed E-state index contributed by atoms with van der Waals surface area (Å²) in [5, 5.41) is 10.9. The maximum absolute atomic E-state index is 14.0. The van der Waals surface area contributed by atoms with Crippen LogP contribution in [0.2, 0.25) is 0 Å². The molecule has 1 saturated heterocycles. The number of halogens is 2. The summed E-state index contributed by atoms with van der Waals surface area (Å²) < 4.78 is 39.1. The van der Waals surface area contributed by atoms with Crippen molar-refractivity contribution in [1.82, 2.24) is 0 Å². The van der Waals surface area contributed by atoms with E-state index < -0.39 is 23.0 Å². The zero-order valence-corrected chi connectivity index (χ0v) is 13.7.